The summed E-state index contributed by atoms with van der Waals surface area (Å²) in [5, 5.41) is 9.27. The highest BCUT2D eigenvalue weighted by Gasteiger charge is 2.31. The molecule has 146 valence electrons. The zero-order valence-electron chi connectivity index (χ0n) is 15.8. The first kappa shape index (κ1) is 20.7. The van der Waals surface area contributed by atoms with E-state index in [1.807, 2.05) is 45.1 Å². The van der Waals surface area contributed by atoms with Crippen molar-refractivity contribution in [2.75, 3.05) is 13.2 Å². The molecule has 1 saturated heterocycles. The van der Waals surface area contributed by atoms with Crippen molar-refractivity contribution in [3.8, 4) is 0 Å². The van der Waals surface area contributed by atoms with Gasteiger partial charge in [0.05, 0.1) is 12.9 Å². The number of hydrogen-bond donors (Lipinski definition) is 1. The number of carboxylic acid groups (broad SMARTS) is 1. The Kier molecular flexibility index (Phi) is 7.87. The number of hydrogen-bond acceptors (Lipinski definition) is 5. The molecule has 1 fully saturated rings. The van der Waals surface area contributed by atoms with Gasteiger partial charge in [-0.05, 0) is 43.2 Å². The van der Waals surface area contributed by atoms with Crippen molar-refractivity contribution in [1.82, 2.24) is 0 Å². The van der Waals surface area contributed by atoms with Gasteiger partial charge in [0.15, 0.2) is 12.4 Å². The molecule has 0 amide bonds. The SMILES string of the molecule is CC(C)(C)C(OC/C=C\CC(OC1CCCCO1)c1ccco1)C(=O)O. The maximum Gasteiger partial charge on any atom is 0.333 e. The quantitative estimate of drug-likeness (QED) is 0.656. The van der Waals surface area contributed by atoms with E-state index in [1.165, 1.54) is 0 Å². The van der Waals surface area contributed by atoms with E-state index in [0.717, 1.165) is 31.6 Å². The Labute approximate surface area is 155 Å². The molecule has 1 aromatic heterocycles. The van der Waals surface area contributed by atoms with Crippen molar-refractivity contribution in [3.63, 3.8) is 0 Å². The van der Waals surface area contributed by atoms with Gasteiger partial charge in [0.25, 0.3) is 0 Å². The second kappa shape index (κ2) is 9.90. The Bertz CT molecular complexity index is 551. The van der Waals surface area contributed by atoms with Crippen LogP contribution in [0.1, 0.15) is 58.3 Å². The summed E-state index contributed by atoms with van der Waals surface area (Å²) in [5.41, 5.74) is -0.461. The van der Waals surface area contributed by atoms with Gasteiger partial charge < -0.3 is 23.7 Å². The number of carboxylic acids is 1. The summed E-state index contributed by atoms with van der Waals surface area (Å²) >= 11 is 0. The second-order valence-corrected chi connectivity index (χ2v) is 7.56. The Balaban J connectivity index is 1.86. The number of carbonyl (C=O) groups is 1. The molecular weight excluding hydrogens is 336 g/mol. The van der Waals surface area contributed by atoms with Gasteiger partial charge in [0.2, 0.25) is 0 Å². The third-order valence-corrected chi connectivity index (χ3v) is 4.20. The van der Waals surface area contributed by atoms with Crippen LogP contribution in [0, 0.1) is 5.41 Å². The molecule has 0 aromatic carbocycles. The highest BCUT2D eigenvalue weighted by atomic mass is 16.7. The third kappa shape index (κ3) is 6.59. The van der Waals surface area contributed by atoms with Crippen LogP contribution in [0.4, 0.5) is 0 Å². The Morgan fingerprint density at radius 2 is 2.19 bits per heavy atom. The third-order valence-electron chi connectivity index (χ3n) is 4.20. The van der Waals surface area contributed by atoms with Gasteiger partial charge in [0.1, 0.15) is 11.9 Å². The molecule has 1 aromatic rings. The molecule has 2 heterocycles. The van der Waals surface area contributed by atoms with E-state index in [0.29, 0.717) is 6.42 Å². The molecule has 0 saturated carbocycles. The summed E-state index contributed by atoms with van der Waals surface area (Å²) in [6.07, 6.45) is 7.74. The fourth-order valence-corrected chi connectivity index (χ4v) is 2.85. The largest absolute Gasteiger partial charge is 0.479 e. The first-order valence-corrected chi connectivity index (χ1v) is 9.18. The van der Waals surface area contributed by atoms with Crippen LogP contribution in [-0.4, -0.2) is 36.7 Å². The lowest BCUT2D eigenvalue weighted by Crippen LogP contribution is -2.36. The molecule has 2 rings (SSSR count). The molecule has 6 nitrogen and oxygen atoms in total. The highest BCUT2D eigenvalue weighted by Crippen LogP contribution is 2.27. The summed E-state index contributed by atoms with van der Waals surface area (Å²) in [5.74, 6) is -0.194. The van der Waals surface area contributed by atoms with Crippen molar-refractivity contribution >= 4 is 5.97 Å². The fraction of sp³-hybridized carbons (Fsp3) is 0.650. The molecule has 0 radical (unpaired) electrons. The first-order chi connectivity index (χ1) is 12.4. The molecule has 1 aliphatic heterocycles. The maximum absolute atomic E-state index is 11.3. The molecule has 3 atom stereocenters. The van der Waals surface area contributed by atoms with Crippen LogP contribution in [-0.2, 0) is 19.0 Å². The fourth-order valence-electron chi connectivity index (χ4n) is 2.85. The molecule has 0 aliphatic carbocycles. The lowest BCUT2D eigenvalue weighted by Gasteiger charge is -2.27. The summed E-state index contributed by atoms with van der Waals surface area (Å²) in [6, 6.07) is 3.72. The van der Waals surface area contributed by atoms with Gasteiger partial charge in [-0.25, -0.2) is 4.79 Å². The summed E-state index contributed by atoms with van der Waals surface area (Å²) in [7, 11) is 0. The summed E-state index contributed by atoms with van der Waals surface area (Å²) < 4.78 is 22.7. The average molecular weight is 366 g/mol. The summed E-state index contributed by atoms with van der Waals surface area (Å²) in [6.45, 7) is 6.50. The van der Waals surface area contributed by atoms with Gasteiger partial charge in [-0.3, -0.25) is 0 Å². The van der Waals surface area contributed by atoms with Gasteiger partial charge in [0, 0.05) is 6.61 Å². The smallest absolute Gasteiger partial charge is 0.333 e. The lowest BCUT2D eigenvalue weighted by atomic mass is 9.89. The highest BCUT2D eigenvalue weighted by molar-refractivity contribution is 5.73. The van der Waals surface area contributed by atoms with Crippen LogP contribution in [0.15, 0.2) is 35.0 Å². The number of aliphatic carboxylic acids is 1. The van der Waals surface area contributed by atoms with Crippen molar-refractivity contribution < 1.29 is 28.5 Å². The van der Waals surface area contributed by atoms with Crippen molar-refractivity contribution in [2.24, 2.45) is 5.41 Å². The van der Waals surface area contributed by atoms with Crippen molar-refractivity contribution in [3.05, 3.63) is 36.3 Å². The molecule has 1 N–H and O–H groups in total. The van der Waals surface area contributed by atoms with E-state index in [9.17, 15) is 9.90 Å². The van der Waals surface area contributed by atoms with E-state index in [2.05, 4.69) is 0 Å². The predicted octanol–water partition coefficient (Wildman–Crippen LogP) is 4.33. The maximum atomic E-state index is 11.3. The number of rotatable bonds is 9. The van der Waals surface area contributed by atoms with Gasteiger partial charge in [-0.1, -0.05) is 32.9 Å². The standard InChI is InChI=1S/C20H30O6/c1-20(2,3)18(19(21)22)25-13-6-4-9-16(15-10-8-14-23-15)26-17-11-5-7-12-24-17/h4,6,8,10,14,16-18H,5,7,9,11-13H2,1-3H3,(H,21,22)/b6-4-. The predicted molar refractivity (Wildman–Crippen MR) is 96.7 cm³/mol. The minimum absolute atomic E-state index is 0.208. The monoisotopic (exact) mass is 366 g/mol. The normalized spacial score (nSPS) is 21.0. The molecule has 26 heavy (non-hydrogen) atoms. The van der Waals surface area contributed by atoms with Crippen LogP contribution in [0.2, 0.25) is 0 Å². The van der Waals surface area contributed by atoms with Gasteiger partial charge in [-0.2, -0.15) is 0 Å². The second-order valence-electron chi connectivity index (χ2n) is 7.56. The van der Waals surface area contributed by atoms with E-state index in [4.69, 9.17) is 18.6 Å². The van der Waals surface area contributed by atoms with Crippen LogP contribution in [0.25, 0.3) is 0 Å². The molecule has 1 aliphatic rings. The van der Waals surface area contributed by atoms with Crippen molar-refractivity contribution in [2.45, 2.75) is 65.0 Å². The topological polar surface area (TPSA) is 78.1 Å². The summed E-state index contributed by atoms with van der Waals surface area (Å²) in [4.78, 5) is 11.3. The van der Waals surface area contributed by atoms with E-state index in [1.54, 1.807) is 6.26 Å². The Morgan fingerprint density at radius 1 is 1.38 bits per heavy atom. The van der Waals surface area contributed by atoms with Gasteiger partial charge >= 0.3 is 5.97 Å². The van der Waals surface area contributed by atoms with Crippen LogP contribution in [0.3, 0.4) is 0 Å². The number of ether oxygens (including phenoxy) is 3. The van der Waals surface area contributed by atoms with Crippen molar-refractivity contribution in [1.29, 1.82) is 0 Å². The molecule has 0 bridgehead atoms. The van der Waals surface area contributed by atoms with E-state index in [-0.39, 0.29) is 19.0 Å². The first-order valence-electron chi connectivity index (χ1n) is 9.18. The zero-order valence-corrected chi connectivity index (χ0v) is 15.8. The average Bonchev–Trinajstić information content (AvgIpc) is 3.10. The van der Waals surface area contributed by atoms with E-state index < -0.39 is 17.5 Å². The minimum atomic E-state index is -0.947. The molecule has 3 unspecified atom stereocenters. The molecule has 0 spiro atoms. The van der Waals surface area contributed by atoms with Crippen LogP contribution >= 0.6 is 0 Å². The van der Waals surface area contributed by atoms with Gasteiger partial charge in [-0.15, -0.1) is 0 Å². The Hall–Kier alpha value is -1.63. The number of furan rings is 1. The lowest BCUT2D eigenvalue weighted by molar-refractivity contribution is -0.192. The minimum Gasteiger partial charge on any atom is -0.479 e. The zero-order chi connectivity index (χ0) is 19.0. The van der Waals surface area contributed by atoms with Crippen LogP contribution in [0.5, 0.6) is 0 Å². The van der Waals surface area contributed by atoms with E-state index >= 15 is 0 Å². The van der Waals surface area contributed by atoms with Crippen LogP contribution < -0.4 is 0 Å². The molecule has 6 heteroatoms. The molecular formula is C20H30O6. The Morgan fingerprint density at radius 3 is 2.77 bits per heavy atom.